The second-order valence-corrected chi connectivity index (χ2v) is 2.88. The summed E-state index contributed by atoms with van der Waals surface area (Å²) in [6.07, 6.45) is 1.20. The Labute approximate surface area is 84.9 Å². The second kappa shape index (κ2) is 4.50. The van der Waals surface area contributed by atoms with E-state index in [2.05, 4.69) is 10.3 Å². The van der Waals surface area contributed by atoms with Crippen LogP contribution in [0, 0.1) is 5.95 Å². The number of pyridine rings is 1. The first-order valence-electron chi connectivity index (χ1n) is 4.16. The molecular formula is C9H9FN2O3. The van der Waals surface area contributed by atoms with Crippen LogP contribution in [0.1, 0.15) is 17.3 Å². The van der Waals surface area contributed by atoms with Crippen molar-refractivity contribution in [1.29, 1.82) is 0 Å². The van der Waals surface area contributed by atoms with Crippen LogP contribution in [-0.2, 0) is 4.79 Å². The minimum atomic E-state index is -1.19. The summed E-state index contributed by atoms with van der Waals surface area (Å²) in [5.74, 6) is -2.91. The Morgan fingerprint density at radius 2 is 2.27 bits per heavy atom. The number of hydrogen-bond acceptors (Lipinski definition) is 3. The number of rotatable bonds is 3. The highest BCUT2D eigenvalue weighted by Gasteiger charge is 2.17. The third-order valence-electron chi connectivity index (χ3n) is 1.72. The Hall–Kier alpha value is -1.98. The van der Waals surface area contributed by atoms with E-state index in [4.69, 9.17) is 5.11 Å². The molecule has 0 aliphatic carbocycles. The zero-order valence-electron chi connectivity index (χ0n) is 7.90. The number of amides is 1. The molecular weight excluding hydrogens is 203 g/mol. The monoisotopic (exact) mass is 212 g/mol. The maximum absolute atomic E-state index is 13.0. The molecule has 0 saturated heterocycles. The minimum Gasteiger partial charge on any atom is -0.480 e. The van der Waals surface area contributed by atoms with Crippen molar-refractivity contribution < 1.29 is 19.1 Å². The molecule has 80 valence electrons. The van der Waals surface area contributed by atoms with Crippen LogP contribution in [0.15, 0.2) is 18.3 Å². The maximum Gasteiger partial charge on any atom is 0.325 e. The summed E-state index contributed by atoms with van der Waals surface area (Å²) in [6.45, 7) is 1.29. The Morgan fingerprint density at radius 1 is 1.60 bits per heavy atom. The predicted molar refractivity (Wildman–Crippen MR) is 48.8 cm³/mol. The van der Waals surface area contributed by atoms with E-state index in [1.165, 1.54) is 25.3 Å². The van der Waals surface area contributed by atoms with Crippen molar-refractivity contribution in [2.45, 2.75) is 13.0 Å². The summed E-state index contributed by atoms with van der Waals surface area (Å²) in [7, 11) is 0. The molecule has 0 bridgehead atoms. The molecule has 5 nitrogen and oxygen atoms in total. The fourth-order valence-electron chi connectivity index (χ4n) is 0.892. The van der Waals surface area contributed by atoms with Crippen molar-refractivity contribution in [2.75, 3.05) is 0 Å². The molecule has 15 heavy (non-hydrogen) atoms. The van der Waals surface area contributed by atoms with Crippen molar-refractivity contribution in [2.24, 2.45) is 0 Å². The van der Waals surface area contributed by atoms with Gasteiger partial charge in [0.25, 0.3) is 5.91 Å². The Bertz CT molecular complexity index is 395. The number of nitrogens with one attached hydrogen (secondary N) is 1. The first-order valence-corrected chi connectivity index (χ1v) is 4.16. The van der Waals surface area contributed by atoms with Crippen molar-refractivity contribution in [1.82, 2.24) is 10.3 Å². The highest BCUT2D eigenvalue weighted by atomic mass is 19.1. The number of aliphatic carboxylic acids is 1. The average molecular weight is 212 g/mol. The van der Waals surface area contributed by atoms with Gasteiger partial charge in [0.2, 0.25) is 5.95 Å². The summed E-state index contributed by atoms with van der Waals surface area (Å²) >= 11 is 0. The van der Waals surface area contributed by atoms with Crippen LogP contribution in [0.4, 0.5) is 4.39 Å². The average Bonchev–Trinajstić information content (AvgIpc) is 2.18. The smallest absolute Gasteiger partial charge is 0.325 e. The molecule has 1 aromatic heterocycles. The molecule has 0 unspecified atom stereocenters. The Morgan fingerprint density at radius 3 is 2.80 bits per heavy atom. The van der Waals surface area contributed by atoms with E-state index in [-0.39, 0.29) is 5.56 Å². The van der Waals surface area contributed by atoms with Gasteiger partial charge >= 0.3 is 5.97 Å². The lowest BCUT2D eigenvalue weighted by Crippen LogP contribution is -2.38. The van der Waals surface area contributed by atoms with Crippen molar-refractivity contribution in [3.63, 3.8) is 0 Å². The Kier molecular flexibility index (Phi) is 3.33. The van der Waals surface area contributed by atoms with Gasteiger partial charge in [0.1, 0.15) is 6.04 Å². The highest BCUT2D eigenvalue weighted by molar-refractivity contribution is 5.96. The van der Waals surface area contributed by atoms with E-state index < -0.39 is 23.9 Å². The van der Waals surface area contributed by atoms with E-state index >= 15 is 0 Å². The molecule has 0 aliphatic rings. The molecule has 1 aromatic rings. The lowest BCUT2D eigenvalue weighted by atomic mass is 10.2. The zero-order chi connectivity index (χ0) is 11.4. The summed E-state index contributed by atoms with van der Waals surface area (Å²) in [4.78, 5) is 25.0. The van der Waals surface area contributed by atoms with Crippen LogP contribution < -0.4 is 5.32 Å². The summed E-state index contributed by atoms with van der Waals surface area (Å²) in [6, 6.07) is 1.55. The van der Waals surface area contributed by atoms with Gasteiger partial charge in [-0.25, -0.2) is 4.98 Å². The van der Waals surface area contributed by atoms with Crippen molar-refractivity contribution >= 4 is 11.9 Å². The first kappa shape index (κ1) is 11.1. The molecule has 1 amide bonds. The van der Waals surface area contributed by atoms with Gasteiger partial charge in [0, 0.05) is 6.20 Å². The van der Waals surface area contributed by atoms with Crippen LogP contribution in [0.2, 0.25) is 0 Å². The van der Waals surface area contributed by atoms with Crippen molar-refractivity contribution in [3.05, 3.63) is 29.8 Å². The lowest BCUT2D eigenvalue weighted by Gasteiger charge is -2.08. The highest BCUT2D eigenvalue weighted by Crippen LogP contribution is 2.02. The lowest BCUT2D eigenvalue weighted by molar-refractivity contribution is -0.138. The Balaban J connectivity index is 2.78. The largest absolute Gasteiger partial charge is 0.480 e. The standard InChI is InChI=1S/C9H9FN2O3/c1-5(9(14)15)12-8(13)6-3-2-4-11-7(6)10/h2-5H,1H3,(H,12,13)(H,14,15)/t5-/m1/s1. The van der Waals surface area contributed by atoms with E-state index in [9.17, 15) is 14.0 Å². The minimum absolute atomic E-state index is 0.273. The van der Waals surface area contributed by atoms with Gasteiger partial charge in [-0.1, -0.05) is 0 Å². The van der Waals surface area contributed by atoms with Gasteiger partial charge in [0.05, 0.1) is 5.56 Å². The second-order valence-electron chi connectivity index (χ2n) is 2.88. The van der Waals surface area contributed by atoms with Gasteiger partial charge in [0.15, 0.2) is 0 Å². The quantitative estimate of drug-likeness (QED) is 0.712. The normalized spacial score (nSPS) is 11.9. The fourth-order valence-corrected chi connectivity index (χ4v) is 0.892. The van der Waals surface area contributed by atoms with E-state index in [0.717, 1.165) is 0 Å². The fraction of sp³-hybridized carbons (Fsp3) is 0.222. The molecule has 0 radical (unpaired) electrons. The third-order valence-corrected chi connectivity index (χ3v) is 1.72. The zero-order valence-corrected chi connectivity index (χ0v) is 7.90. The number of aromatic nitrogens is 1. The summed E-state index contributed by atoms with van der Waals surface area (Å²) in [5.41, 5.74) is -0.273. The van der Waals surface area contributed by atoms with Crippen LogP contribution in [0.3, 0.4) is 0 Å². The summed E-state index contributed by atoms with van der Waals surface area (Å²) < 4.78 is 13.0. The van der Waals surface area contributed by atoms with Gasteiger partial charge < -0.3 is 10.4 Å². The van der Waals surface area contributed by atoms with E-state index in [1.54, 1.807) is 0 Å². The molecule has 1 heterocycles. The molecule has 0 spiro atoms. The van der Waals surface area contributed by atoms with Gasteiger partial charge in [-0.2, -0.15) is 4.39 Å². The number of halogens is 1. The molecule has 1 atom stereocenters. The predicted octanol–water partition coefficient (Wildman–Crippen LogP) is 0.424. The van der Waals surface area contributed by atoms with Crippen molar-refractivity contribution in [3.8, 4) is 0 Å². The van der Waals surface area contributed by atoms with Crippen LogP contribution in [-0.4, -0.2) is 28.0 Å². The molecule has 0 fully saturated rings. The number of carbonyl (C=O) groups is 2. The SMILES string of the molecule is C[C@@H](NC(=O)c1cccnc1F)C(=O)O. The maximum atomic E-state index is 13.0. The molecule has 1 rings (SSSR count). The van der Waals surface area contributed by atoms with Gasteiger partial charge in [-0.15, -0.1) is 0 Å². The van der Waals surface area contributed by atoms with Crippen LogP contribution in [0.5, 0.6) is 0 Å². The number of nitrogens with zero attached hydrogens (tertiary/aromatic N) is 1. The van der Waals surface area contributed by atoms with Gasteiger partial charge in [-0.05, 0) is 19.1 Å². The molecule has 6 heteroatoms. The topological polar surface area (TPSA) is 79.3 Å². The van der Waals surface area contributed by atoms with E-state index in [1.807, 2.05) is 0 Å². The first-order chi connectivity index (χ1) is 7.02. The molecule has 2 N–H and O–H groups in total. The number of hydrogen-bond donors (Lipinski definition) is 2. The number of carbonyl (C=O) groups excluding carboxylic acids is 1. The molecule has 0 saturated carbocycles. The van der Waals surface area contributed by atoms with Crippen LogP contribution >= 0.6 is 0 Å². The number of carboxylic acids is 1. The summed E-state index contributed by atoms with van der Waals surface area (Å²) in [5, 5.41) is 10.6. The third kappa shape index (κ3) is 2.73. The molecule has 0 aromatic carbocycles. The number of carboxylic acid groups (broad SMARTS) is 1. The molecule has 0 aliphatic heterocycles. The van der Waals surface area contributed by atoms with E-state index in [0.29, 0.717) is 0 Å². The van der Waals surface area contributed by atoms with Crippen LogP contribution in [0.25, 0.3) is 0 Å². The van der Waals surface area contributed by atoms with Gasteiger partial charge in [-0.3, -0.25) is 9.59 Å².